The number of esters is 1. The van der Waals surface area contributed by atoms with E-state index in [0.29, 0.717) is 18.8 Å². The van der Waals surface area contributed by atoms with Gasteiger partial charge in [-0.1, -0.05) is 135 Å². The standard InChI is InChI=1S/C55H89N3O7.C2H6/c1-42(2)56-34-22-12-8-10-15-25-45(5)58-36-38-62-37-24-21-26-44(4)57-35-23-13-9-11-18-31-53(59)64-52-41-55(60)40-49-39-48(50(61-7)33-32-43(3)54(65-55)46(52)6)29-19-20-30-51(63-49)47-27-16-14-17-28-47;1-2/h14,16-17,27-28,32-33,39,43,46,48,50-52,54,56-58,60H,1,4-5,8-13,15,18-26,29-31,34-38,40-41H2,2-3,6-7H3;1-2H3/b33-32+,49-39-;. The molecule has 10 heteroatoms. The number of nitrogens with one attached hydrogen (secondary N) is 3. The van der Waals surface area contributed by atoms with Gasteiger partial charge >= 0.3 is 5.97 Å². The minimum atomic E-state index is -1.55. The van der Waals surface area contributed by atoms with Crippen LogP contribution < -0.4 is 16.0 Å². The second-order valence-electron chi connectivity index (χ2n) is 19.2. The lowest BCUT2D eigenvalue weighted by molar-refractivity contribution is -0.297. The lowest BCUT2D eigenvalue weighted by Gasteiger charge is -2.46. The van der Waals surface area contributed by atoms with Gasteiger partial charge in [0.1, 0.15) is 12.2 Å². The Morgan fingerprint density at radius 2 is 1.39 bits per heavy atom. The van der Waals surface area contributed by atoms with Crippen LogP contribution in [0.5, 0.6) is 0 Å². The van der Waals surface area contributed by atoms with Crippen LogP contribution >= 0.6 is 0 Å². The molecule has 8 atom stereocenters. The van der Waals surface area contributed by atoms with Gasteiger partial charge in [-0.3, -0.25) is 4.79 Å². The van der Waals surface area contributed by atoms with Gasteiger partial charge in [-0.25, -0.2) is 0 Å². The lowest BCUT2D eigenvalue weighted by Crippen LogP contribution is -2.54. The van der Waals surface area contributed by atoms with E-state index in [9.17, 15) is 9.90 Å². The smallest absolute Gasteiger partial charge is 0.306 e. The number of hydrogen-bond acceptors (Lipinski definition) is 10. The first-order valence-corrected chi connectivity index (χ1v) is 26.5. The highest BCUT2D eigenvalue weighted by Gasteiger charge is 2.48. The predicted octanol–water partition coefficient (Wildman–Crippen LogP) is 12.7. The lowest BCUT2D eigenvalue weighted by atomic mass is 9.82. The van der Waals surface area contributed by atoms with Crippen molar-refractivity contribution in [1.82, 2.24) is 16.0 Å². The molecule has 0 aromatic heterocycles. The minimum absolute atomic E-state index is 0.0318. The molecule has 0 saturated carbocycles. The van der Waals surface area contributed by atoms with E-state index >= 15 is 0 Å². The molecular formula is C57H95N3O7. The number of fused-ring (bicyclic) bond motifs is 3. The number of rotatable bonds is 30. The molecule has 0 radical (unpaired) electrons. The van der Waals surface area contributed by atoms with E-state index in [1.165, 1.54) is 32.1 Å². The first kappa shape index (κ1) is 57.7. The normalized spacial score (nSPS) is 26.2. The Balaban J connectivity index is 0.00000587. The Labute approximate surface area is 408 Å². The fourth-order valence-electron chi connectivity index (χ4n) is 9.44. The number of carbonyl (C=O) groups excluding carboxylic acids is 1. The molecule has 4 rings (SSSR count). The van der Waals surface area contributed by atoms with Crippen LogP contribution in [-0.4, -0.2) is 75.1 Å². The molecule has 10 nitrogen and oxygen atoms in total. The summed E-state index contributed by atoms with van der Waals surface area (Å²) in [6, 6.07) is 10.3. The Hall–Kier alpha value is -3.57. The Morgan fingerprint density at radius 3 is 2.07 bits per heavy atom. The van der Waals surface area contributed by atoms with E-state index in [2.05, 4.69) is 79.9 Å². The van der Waals surface area contributed by atoms with Gasteiger partial charge in [0, 0.05) is 81.0 Å². The molecule has 0 aliphatic carbocycles. The van der Waals surface area contributed by atoms with Crippen molar-refractivity contribution < 1.29 is 33.6 Å². The topological polar surface area (TPSA) is 120 Å². The summed E-state index contributed by atoms with van der Waals surface area (Å²) in [7, 11) is 1.76. The van der Waals surface area contributed by atoms with Crippen molar-refractivity contribution >= 4 is 5.97 Å². The summed E-state index contributed by atoms with van der Waals surface area (Å²) in [6.07, 6.45) is 25.3. The molecule has 0 spiro atoms. The minimum Gasteiger partial charge on any atom is -0.490 e. The van der Waals surface area contributed by atoms with Crippen LogP contribution in [0.2, 0.25) is 0 Å². The number of aliphatic hydroxyl groups is 1. The van der Waals surface area contributed by atoms with Crippen LogP contribution in [-0.2, 0) is 28.5 Å². The summed E-state index contributed by atoms with van der Waals surface area (Å²) in [4.78, 5) is 13.3. The zero-order chi connectivity index (χ0) is 48.7. The molecule has 1 saturated heterocycles. The highest BCUT2D eigenvalue weighted by molar-refractivity contribution is 5.69. The van der Waals surface area contributed by atoms with Gasteiger partial charge in [0.15, 0.2) is 5.79 Å². The van der Waals surface area contributed by atoms with E-state index in [0.717, 1.165) is 132 Å². The molecular weight excluding hydrogens is 839 g/mol. The van der Waals surface area contributed by atoms with Crippen LogP contribution in [0.3, 0.4) is 0 Å². The Morgan fingerprint density at radius 1 is 0.776 bits per heavy atom. The van der Waals surface area contributed by atoms with Crippen molar-refractivity contribution in [2.75, 3.05) is 40.0 Å². The molecule has 380 valence electrons. The molecule has 1 aromatic rings. The third-order valence-corrected chi connectivity index (χ3v) is 13.3. The summed E-state index contributed by atoms with van der Waals surface area (Å²) >= 11 is 0. The molecule has 3 aliphatic rings. The number of benzene rings is 1. The first-order chi connectivity index (χ1) is 32.5. The van der Waals surface area contributed by atoms with E-state index in [1.54, 1.807) is 7.11 Å². The van der Waals surface area contributed by atoms with Gasteiger partial charge in [0.2, 0.25) is 0 Å². The third-order valence-electron chi connectivity index (χ3n) is 13.3. The highest BCUT2D eigenvalue weighted by atomic mass is 16.6. The Kier molecular flexibility index (Phi) is 29.2. The zero-order valence-electron chi connectivity index (χ0n) is 43.1. The van der Waals surface area contributed by atoms with E-state index in [1.807, 2.05) is 39.0 Å². The summed E-state index contributed by atoms with van der Waals surface area (Å²) in [5.74, 6) is -1.09. The fraction of sp³-hybridized carbons (Fsp3) is 0.702. The summed E-state index contributed by atoms with van der Waals surface area (Å²) in [6.45, 7) is 26.7. The van der Waals surface area contributed by atoms with Gasteiger partial charge in [-0.15, -0.1) is 0 Å². The third kappa shape index (κ3) is 23.5. The number of unbranched alkanes of at least 4 members (excludes halogenated alkanes) is 9. The quantitative estimate of drug-likeness (QED) is 0.0337. The largest absolute Gasteiger partial charge is 0.490 e. The maximum absolute atomic E-state index is 13.3. The second-order valence-corrected chi connectivity index (χ2v) is 19.2. The van der Waals surface area contributed by atoms with Crippen LogP contribution in [0, 0.1) is 17.8 Å². The van der Waals surface area contributed by atoms with Crippen LogP contribution in [0.25, 0.3) is 0 Å². The fourth-order valence-corrected chi connectivity index (χ4v) is 9.44. The maximum Gasteiger partial charge on any atom is 0.306 e. The molecule has 1 fully saturated rings. The second kappa shape index (κ2) is 33.8. The average Bonchev–Trinajstić information content (AvgIpc) is 3.40. The summed E-state index contributed by atoms with van der Waals surface area (Å²) in [5.41, 5.74) is 4.37. The van der Waals surface area contributed by atoms with Crippen molar-refractivity contribution in [3.63, 3.8) is 0 Å². The predicted molar refractivity (Wildman–Crippen MR) is 276 cm³/mol. The monoisotopic (exact) mass is 934 g/mol. The Bertz CT molecular complexity index is 1600. The van der Waals surface area contributed by atoms with Gasteiger partial charge < -0.3 is 44.7 Å². The number of methoxy groups -OCH3 is 1. The van der Waals surface area contributed by atoms with Crippen molar-refractivity contribution in [2.24, 2.45) is 17.8 Å². The van der Waals surface area contributed by atoms with Crippen molar-refractivity contribution in [1.29, 1.82) is 0 Å². The molecule has 4 N–H and O–H groups in total. The van der Waals surface area contributed by atoms with Gasteiger partial charge in [-0.05, 0) is 89.2 Å². The van der Waals surface area contributed by atoms with Crippen molar-refractivity contribution in [3.05, 3.63) is 96.7 Å². The molecule has 0 amide bonds. The van der Waals surface area contributed by atoms with Crippen molar-refractivity contribution in [3.8, 4) is 0 Å². The van der Waals surface area contributed by atoms with E-state index < -0.39 is 11.9 Å². The molecule has 3 aliphatic heterocycles. The molecule has 8 unspecified atom stereocenters. The molecule has 1 aromatic carbocycles. The van der Waals surface area contributed by atoms with Crippen LogP contribution in [0.4, 0.5) is 0 Å². The van der Waals surface area contributed by atoms with Crippen molar-refractivity contribution in [2.45, 2.75) is 200 Å². The number of allylic oxidation sites excluding steroid dienone is 3. The zero-order valence-corrected chi connectivity index (χ0v) is 43.1. The van der Waals surface area contributed by atoms with Crippen LogP contribution in [0.1, 0.15) is 181 Å². The van der Waals surface area contributed by atoms with Gasteiger partial charge in [0.25, 0.3) is 0 Å². The number of hydrogen-bond donors (Lipinski definition) is 4. The highest BCUT2D eigenvalue weighted by Crippen LogP contribution is 2.43. The van der Waals surface area contributed by atoms with Gasteiger partial charge in [-0.2, -0.15) is 0 Å². The molecule has 3 heterocycles. The average molecular weight is 934 g/mol. The molecule has 4 bridgehead atoms. The van der Waals surface area contributed by atoms with Crippen LogP contribution in [0.15, 0.2) is 91.1 Å². The number of carbonyl (C=O) groups is 1. The SMILES string of the molecule is C=C(C)NCCCCCCCC(=C)NCCOCCCCC(=C)NCCCCCCCC(=O)OC1CC2(O)C/C3=C/C(CCCCC(c4ccccc4)O3)C(OC)/C=C/C(C)C(O2)C1C.CC. The summed E-state index contributed by atoms with van der Waals surface area (Å²) < 4.78 is 31.5. The summed E-state index contributed by atoms with van der Waals surface area (Å²) in [5, 5.41) is 22.4. The van der Waals surface area contributed by atoms with E-state index in [-0.39, 0.29) is 54.9 Å². The van der Waals surface area contributed by atoms with Gasteiger partial charge in [0.05, 0.1) is 31.0 Å². The molecule has 67 heavy (non-hydrogen) atoms. The first-order valence-electron chi connectivity index (χ1n) is 26.5. The maximum atomic E-state index is 13.3. The number of ether oxygens (including phenoxy) is 5. The van der Waals surface area contributed by atoms with E-state index in [4.69, 9.17) is 23.7 Å².